The van der Waals surface area contributed by atoms with Gasteiger partial charge in [-0.25, -0.2) is 4.68 Å². The third kappa shape index (κ3) is 1.36. The van der Waals surface area contributed by atoms with Gasteiger partial charge in [-0.1, -0.05) is 0 Å². The minimum atomic E-state index is -0.347. The van der Waals surface area contributed by atoms with Crippen molar-refractivity contribution in [3.8, 4) is 6.01 Å². The first kappa shape index (κ1) is 7.71. The molecule has 1 aromatic heterocycles. The Bertz CT molecular complexity index is 318. The van der Waals surface area contributed by atoms with Crippen molar-refractivity contribution in [2.45, 2.75) is 6.92 Å². The third-order valence-electron chi connectivity index (χ3n) is 1.27. The Morgan fingerprint density at radius 2 is 2.18 bits per heavy atom. The summed E-state index contributed by atoms with van der Waals surface area (Å²) in [7, 11) is 3.11. The molecule has 0 radical (unpaired) electrons. The summed E-state index contributed by atoms with van der Waals surface area (Å²) in [4.78, 5) is 14.5. The first-order valence-corrected chi connectivity index (χ1v) is 3.11. The van der Waals surface area contributed by atoms with Gasteiger partial charge in [-0.3, -0.25) is 4.79 Å². The largest absolute Gasteiger partial charge is 0.467 e. The summed E-state index contributed by atoms with van der Waals surface area (Å²) in [5, 5.41) is 3.86. The van der Waals surface area contributed by atoms with Gasteiger partial charge in [0.05, 0.1) is 7.11 Å². The molecule has 0 fully saturated rings. The van der Waals surface area contributed by atoms with Crippen LogP contribution in [0.15, 0.2) is 4.79 Å². The Balaban J connectivity index is 3.32. The smallest absolute Gasteiger partial charge is 0.316 e. The highest BCUT2D eigenvalue weighted by atomic mass is 16.5. The van der Waals surface area contributed by atoms with E-state index >= 15 is 0 Å². The van der Waals surface area contributed by atoms with Crippen LogP contribution in [0.2, 0.25) is 0 Å². The Morgan fingerprint density at radius 3 is 2.73 bits per heavy atom. The van der Waals surface area contributed by atoms with E-state index in [0.717, 1.165) is 0 Å². The first-order valence-electron chi connectivity index (χ1n) is 3.11. The molecule has 0 atom stereocenters. The van der Waals surface area contributed by atoms with Crippen molar-refractivity contribution >= 4 is 0 Å². The van der Waals surface area contributed by atoms with E-state index in [1.165, 1.54) is 11.8 Å². The van der Waals surface area contributed by atoms with Crippen molar-refractivity contribution in [2.75, 3.05) is 7.11 Å². The van der Waals surface area contributed by atoms with Crippen LogP contribution >= 0.6 is 0 Å². The molecule has 0 saturated heterocycles. The third-order valence-corrected chi connectivity index (χ3v) is 1.27. The maximum Gasteiger partial charge on any atom is 0.316 e. The number of nitrogens with zero attached hydrogens (tertiary/aromatic N) is 3. The van der Waals surface area contributed by atoms with Crippen LogP contribution in [0.4, 0.5) is 0 Å². The highest BCUT2D eigenvalue weighted by Gasteiger charge is 2.02. The molecule has 5 nitrogen and oxygen atoms in total. The number of aromatic nitrogens is 3. The summed E-state index contributed by atoms with van der Waals surface area (Å²) < 4.78 is 6.18. The molecule has 0 unspecified atom stereocenters. The zero-order valence-corrected chi connectivity index (χ0v) is 6.66. The molecule has 0 bridgehead atoms. The molecule has 5 heteroatoms. The van der Waals surface area contributed by atoms with Gasteiger partial charge in [-0.2, -0.15) is 10.1 Å². The number of ether oxygens (including phenoxy) is 1. The zero-order chi connectivity index (χ0) is 8.43. The van der Waals surface area contributed by atoms with Gasteiger partial charge in [0.15, 0.2) is 0 Å². The second kappa shape index (κ2) is 2.69. The number of hydrogen-bond donors (Lipinski definition) is 0. The monoisotopic (exact) mass is 155 g/mol. The highest BCUT2D eigenvalue weighted by molar-refractivity contribution is 4.97. The Hall–Kier alpha value is -1.39. The Morgan fingerprint density at radius 1 is 1.55 bits per heavy atom. The minimum absolute atomic E-state index is 0.223. The lowest BCUT2D eigenvalue weighted by Gasteiger charge is -2.03. The van der Waals surface area contributed by atoms with Crippen molar-refractivity contribution in [3.05, 3.63) is 16.0 Å². The minimum Gasteiger partial charge on any atom is -0.467 e. The highest BCUT2D eigenvalue weighted by Crippen LogP contribution is 1.96. The molecule has 0 aliphatic heterocycles. The molecular formula is C6H9N3O2. The van der Waals surface area contributed by atoms with Crippen LogP contribution in [0.3, 0.4) is 0 Å². The normalized spacial score (nSPS) is 9.73. The standard InChI is InChI=1S/C6H9N3O2/c1-4-5(10)7-6(11-3)9(2)8-4/h1-3H3. The maximum absolute atomic E-state index is 10.9. The second-order valence-corrected chi connectivity index (χ2v) is 2.11. The fourth-order valence-corrected chi connectivity index (χ4v) is 0.728. The lowest BCUT2D eigenvalue weighted by atomic mass is 10.5. The summed E-state index contributed by atoms with van der Waals surface area (Å²) in [5.74, 6) is 0. The topological polar surface area (TPSA) is 57.0 Å². The van der Waals surface area contributed by atoms with Crippen molar-refractivity contribution in [3.63, 3.8) is 0 Å². The summed E-state index contributed by atoms with van der Waals surface area (Å²) in [6, 6.07) is 0.223. The average Bonchev–Trinajstić information content (AvgIpc) is 1.97. The van der Waals surface area contributed by atoms with E-state index in [1.54, 1.807) is 14.0 Å². The summed E-state index contributed by atoms with van der Waals surface area (Å²) >= 11 is 0. The predicted octanol–water partition coefficient (Wildman–Crippen LogP) is -0.508. The molecule has 0 saturated carbocycles. The van der Waals surface area contributed by atoms with Crippen molar-refractivity contribution in [1.82, 2.24) is 14.8 Å². The van der Waals surface area contributed by atoms with Gasteiger partial charge in [-0.15, -0.1) is 0 Å². The van der Waals surface area contributed by atoms with Gasteiger partial charge in [0, 0.05) is 7.05 Å². The van der Waals surface area contributed by atoms with E-state index < -0.39 is 0 Å². The quantitative estimate of drug-likeness (QED) is 0.548. The fraction of sp³-hybridized carbons (Fsp3) is 0.500. The van der Waals surface area contributed by atoms with Gasteiger partial charge in [0.1, 0.15) is 5.69 Å². The summed E-state index contributed by atoms with van der Waals surface area (Å²) in [6.45, 7) is 1.61. The van der Waals surface area contributed by atoms with E-state index in [4.69, 9.17) is 4.74 Å². The second-order valence-electron chi connectivity index (χ2n) is 2.11. The number of hydrogen-bond acceptors (Lipinski definition) is 4. The van der Waals surface area contributed by atoms with E-state index in [2.05, 4.69) is 10.1 Å². The zero-order valence-electron chi connectivity index (χ0n) is 6.66. The summed E-state index contributed by atoms with van der Waals surface area (Å²) in [6.07, 6.45) is 0. The van der Waals surface area contributed by atoms with Crippen LogP contribution in [0, 0.1) is 6.92 Å². The molecule has 1 rings (SSSR count). The van der Waals surface area contributed by atoms with Crippen molar-refractivity contribution in [1.29, 1.82) is 0 Å². The van der Waals surface area contributed by atoms with Crippen LogP contribution in [0.1, 0.15) is 5.69 Å². The van der Waals surface area contributed by atoms with Crippen LogP contribution < -0.4 is 10.3 Å². The van der Waals surface area contributed by atoms with Gasteiger partial charge >= 0.3 is 6.01 Å². The molecule has 0 amide bonds. The van der Waals surface area contributed by atoms with E-state index in [1.807, 2.05) is 0 Å². The average molecular weight is 155 g/mol. The first-order chi connectivity index (χ1) is 5.15. The molecule has 0 aliphatic carbocycles. The molecule has 1 heterocycles. The predicted molar refractivity (Wildman–Crippen MR) is 38.6 cm³/mol. The van der Waals surface area contributed by atoms with Crippen molar-refractivity contribution < 1.29 is 4.74 Å². The molecular weight excluding hydrogens is 146 g/mol. The van der Waals surface area contributed by atoms with Gasteiger partial charge in [0.25, 0.3) is 5.56 Å². The van der Waals surface area contributed by atoms with E-state index in [9.17, 15) is 4.79 Å². The van der Waals surface area contributed by atoms with Crippen LogP contribution in [-0.4, -0.2) is 21.9 Å². The lowest BCUT2D eigenvalue weighted by Crippen LogP contribution is -2.18. The van der Waals surface area contributed by atoms with Crippen LogP contribution in [-0.2, 0) is 7.05 Å². The SMILES string of the molecule is COc1nc(=O)c(C)nn1C. The molecule has 1 aromatic rings. The molecule has 0 spiro atoms. The van der Waals surface area contributed by atoms with Gasteiger partial charge in [0.2, 0.25) is 0 Å². The molecule has 11 heavy (non-hydrogen) atoms. The van der Waals surface area contributed by atoms with E-state index in [0.29, 0.717) is 5.69 Å². The Labute approximate surface area is 63.6 Å². The fourth-order valence-electron chi connectivity index (χ4n) is 0.728. The van der Waals surface area contributed by atoms with Crippen molar-refractivity contribution in [2.24, 2.45) is 7.05 Å². The maximum atomic E-state index is 10.9. The van der Waals surface area contributed by atoms with Gasteiger partial charge in [-0.05, 0) is 6.92 Å². The molecule has 0 N–H and O–H groups in total. The lowest BCUT2D eigenvalue weighted by molar-refractivity contribution is 0.343. The Kier molecular flexibility index (Phi) is 1.89. The number of methoxy groups -OCH3 is 1. The van der Waals surface area contributed by atoms with Gasteiger partial charge < -0.3 is 4.74 Å². The van der Waals surface area contributed by atoms with Crippen LogP contribution in [0.5, 0.6) is 6.01 Å². The summed E-state index contributed by atoms with van der Waals surface area (Å²) in [5.41, 5.74) is 0.0215. The van der Waals surface area contributed by atoms with Crippen LogP contribution in [0.25, 0.3) is 0 Å². The number of rotatable bonds is 1. The molecule has 60 valence electrons. The molecule has 0 aromatic carbocycles. The molecule has 0 aliphatic rings. The number of aryl methyl sites for hydroxylation is 2. The van der Waals surface area contributed by atoms with E-state index in [-0.39, 0.29) is 11.6 Å².